The third kappa shape index (κ3) is 7.02. The molecule has 0 aromatic rings. The fraction of sp³-hybridized carbons (Fsp3) is 1.00. The Morgan fingerprint density at radius 3 is 1.36 bits per heavy atom. The summed E-state index contributed by atoms with van der Waals surface area (Å²) in [5.41, 5.74) is -13.2. The van der Waals surface area contributed by atoms with Crippen molar-refractivity contribution in [1.82, 2.24) is 0 Å². The molecule has 0 saturated carbocycles. The number of hydrogen-bond acceptors (Lipinski definition) is 4. The molecule has 0 aliphatic carbocycles. The van der Waals surface area contributed by atoms with Crippen LogP contribution in [0.25, 0.3) is 0 Å². The summed E-state index contributed by atoms with van der Waals surface area (Å²) in [4.78, 5) is 0. The number of halogens is 20. The summed E-state index contributed by atoms with van der Waals surface area (Å²) in [6.45, 7) is -2.40. The predicted octanol–water partition coefficient (Wildman–Crippen LogP) is 8.44. The van der Waals surface area contributed by atoms with Gasteiger partial charge in [0.15, 0.2) is 5.79 Å². The van der Waals surface area contributed by atoms with Crippen molar-refractivity contribution in [2.24, 2.45) is 11.8 Å². The Balaban J connectivity index is 2.32. The van der Waals surface area contributed by atoms with Gasteiger partial charge in [0.1, 0.15) is 6.10 Å². The molecule has 0 aromatic heterocycles. The molecule has 0 bridgehead atoms. The summed E-state index contributed by atoms with van der Waals surface area (Å²) in [5, 5.41) is 0. The highest BCUT2D eigenvalue weighted by molar-refractivity contribution is 5.11. The first-order chi connectivity index (χ1) is 19.6. The molecular formula is C21H20F20O4. The molecule has 2 aliphatic heterocycles. The maximum absolute atomic E-state index is 15.0. The Hall–Kier alpha value is -1.56. The Bertz CT molecular complexity index is 998. The second-order valence-corrected chi connectivity index (χ2v) is 10.4. The van der Waals surface area contributed by atoms with Crippen LogP contribution < -0.4 is 0 Å². The van der Waals surface area contributed by atoms with Gasteiger partial charge in [0.05, 0.1) is 31.2 Å². The predicted molar refractivity (Wildman–Crippen MR) is 103 cm³/mol. The van der Waals surface area contributed by atoms with Crippen LogP contribution >= 0.6 is 0 Å². The van der Waals surface area contributed by atoms with Crippen LogP contribution in [0.1, 0.15) is 33.1 Å². The van der Waals surface area contributed by atoms with E-state index in [0.717, 1.165) is 0 Å². The Labute approximate surface area is 238 Å². The van der Waals surface area contributed by atoms with Crippen LogP contribution in [0.5, 0.6) is 0 Å². The lowest BCUT2D eigenvalue weighted by molar-refractivity contribution is -0.436. The normalized spacial score (nSPS) is 31.6. The van der Waals surface area contributed by atoms with Gasteiger partial charge in [0.2, 0.25) is 5.79 Å². The van der Waals surface area contributed by atoms with Crippen molar-refractivity contribution in [3.8, 4) is 0 Å². The van der Waals surface area contributed by atoms with E-state index in [0.29, 0.717) is 6.92 Å². The minimum atomic E-state index is -7.03. The van der Waals surface area contributed by atoms with Crippen LogP contribution in [-0.4, -0.2) is 85.4 Å². The molecule has 0 amide bonds. The van der Waals surface area contributed by atoms with Crippen molar-refractivity contribution < 1.29 is 107 Å². The molecule has 2 heterocycles. The first kappa shape index (κ1) is 39.6. The molecule has 4 nitrogen and oxygen atoms in total. The molecule has 2 rings (SSSR count). The van der Waals surface area contributed by atoms with E-state index in [1.807, 2.05) is 0 Å². The zero-order valence-electron chi connectivity index (χ0n) is 22.0. The number of ether oxygens (including phenoxy) is 4. The largest absolute Gasteiger partial charge is 0.437 e. The second-order valence-electron chi connectivity index (χ2n) is 10.4. The van der Waals surface area contributed by atoms with E-state index < -0.39 is 116 Å². The lowest BCUT2D eigenvalue weighted by Gasteiger charge is -2.43. The molecule has 45 heavy (non-hydrogen) atoms. The van der Waals surface area contributed by atoms with E-state index >= 15 is 0 Å². The minimum Gasteiger partial charge on any atom is -0.350 e. The van der Waals surface area contributed by atoms with Gasteiger partial charge in [-0.1, -0.05) is 0 Å². The molecule has 6 unspecified atom stereocenters. The third-order valence-electron chi connectivity index (χ3n) is 7.16. The first-order valence-electron chi connectivity index (χ1n) is 12.0. The van der Waals surface area contributed by atoms with E-state index in [9.17, 15) is 87.8 Å². The molecule has 268 valence electrons. The fourth-order valence-electron chi connectivity index (χ4n) is 4.99. The third-order valence-corrected chi connectivity index (χ3v) is 7.16. The average molecular weight is 716 g/mol. The highest BCUT2D eigenvalue weighted by Crippen LogP contribution is 2.61. The van der Waals surface area contributed by atoms with Gasteiger partial charge in [-0.25, -0.2) is 8.78 Å². The van der Waals surface area contributed by atoms with Crippen LogP contribution in [0.15, 0.2) is 0 Å². The van der Waals surface area contributed by atoms with Gasteiger partial charge in [-0.2, -0.15) is 79.0 Å². The molecular weight excluding hydrogens is 696 g/mol. The minimum absolute atomic E-state index is 0.289. The van der Waals surface area contributed by atoms with E-state index in [-0.39, 0.29) is 6.92 Å². The van der Waals surface area contributed by atoms with Gasteiger partial charge >= 0.3 is 48.4 Å². The van der Waals surface area contributed by atoms with Gasteiger partial charge in [0, 0.05) is 12.8 Å². The molecule has 2 fully saturated rings. The average Bonchev–Trinajstić information content (AvgIpc) is 3.33. The lowest BCUT2D eigenvalue weighted by atomic mass is 9.85. The highest BCUT2D eigenvalue weighted by atomic mass is 19.4. The van der Waals surface area contributed by atoms with Crippen LogP contribution in [0, 0.1) is 11.8 Å². The monoisotopic (exact) mass is 716 g/mol. The van der Waals surface area contributed by atoms with Gasteiger partial charge in [-0.15, -0.1) is 0 Å². The SMILES string of the molecule is CC1OC(OCCCOC2(C)CC(C(F)(F)F)C(C(F)(C(F)(F)F)C(F)(F)F)O2)(C(F)(C(F)(F)F)C(F)(F)F)CC1C(F)(F)F. The topological polar surface area (TPSA) is 36.9 Å². The number of alkyl halides is 20. The van der Waals surface area contributed by atoms with Crippen molar-refractivity contribution >= 4 is 0 Å². The second kappa shape index (κ2) is 11.5. The van der Waals surface area contributed by atoms with Crippen LogP contribution in [0.3, 0.4) is 0 Å². The lowest BCUT2D eigenvalue weighted by Crippen LogP contribution is -2.69. The van der Waals surface area contributed by atoms with Crippen molar-refractivity contribution in [1.29, 1.82) is 0 Å². The van der Waals surface area contributed by atoms with Crippen LogP contribution in [0.2, 0.25) is 0 Å². The molecule has 0 aromatic carbocycles. The van der Waals surface area contributed by atoms with Crippen LogP contribution in [0.4, 0.5) is 87.8 Å². The molecule has 6 atom stereocenters. The summed E-state index contributed by atoms with van der Waals surface area (Å²) in [6, 6.07) is 0. The van der Waals surface area contributed by atoms with Crippen molar-refractivity contribution in [3.63, 3.8) is 0 Å². The van der Waals surface area contributed by atoms with Crippen LogP contribution in [-0.2, 0) is 18.9 Å². The van der Waals surface area contributed by atoms with Gasteiger partial charge < -0.3 is 18.9 Å². The smallest absolute Gasteiger partial charge is 0.350 e. The van der Waals surface area contributed by atoms with E-state index in [1.165, 1.54) is 0 Å². The van der Waals surface area contributed by atoms with Crippen molar-refractivity contribution in [3.05, 3.63) is 0 Å². The van der Waals surface area contributed by atoms with E-state index in [1.54, 1.807) is 0 Å². The fourth-order valence-corrected chi connectivity index (χ4v) is 4.99. The molecule has 0 radical (unpaired) electrons. The summed E-state index contributed by atoms with van der Waals surface area (Å²) >= 11 is 0. The summed E-state index contributed by atoms with van der Waals surface area (Å²) in [6.07, 6.45) is -52.1. The number of rotatable bonds is 8. The summed E-state index contributed by atoms with van der Waals surface area (Å²) in [7, 11) is 0. The van der Waals surface area contributed by atoms with E-state index in [4.69, 9.17) is 0 Å². The van der Waals surface area contributed by atoms with Crippen molar-refractivity contribution in [2.75, 3.05) is 13.2 Å². The van der Waals surface area contributed by atoms with Gasteiger partial charge in [-0.05, 0) is 20.3 Å². The zero-order valence-corrected chi connectivity index (χ0v) is 22.0. The maximum Gasteiger partial charge on any atom is 0.437 e. The molecule has 2 saturated heterocycles. The highest BCUT2D eigenvalue weighted by Gasteiger charge is 2.86. The summed E-state index contributed by atoms with van der Waals surface area (Å²) in [5.74, 6) is -14.9. The molecule has 24 heteroatoms. The maximum atomic E-state index is 15.0. The standard InChI is InChI=1S/C21H20F20O4/c1-8-9(15(23,24)25)7-13(44-8,17(29,20(36,37)38)21(39,40)41)43-5-3-4-42-12(2)6-10(16(26,27)28)11(45-12)14(22,18(30,31)32)19(33,34)35/h8-11H,3-7H2,1-2H3. The quantitative estimate of drug-likeness (QED) is 0.187. The van der Waals surface area contributed by atoms with Crippen molar-refractivity contribution in [2.45, 2.75) is 105 Å². The van der Waals surface area contributed by atoms with E-state index in [2.05, 4.69) is 18.9 Å². The first-order valence-corrected chi connectivity index (χ1v) is 12.0. The Morgan fingerprint density at radius 1 is 0.578 bits per heavy atom. The molecule has 0 N–H and O–H groups in total. The molecule has 0 spiro atoms. The summed E-state index contributed by atoms with van der Waals surface area (Å²) < 4.78 is 286. The van der Waals surface area contributed by atoms with Gasteiger partial charge in [-0.3, -0.25) is 0 Å². The van der Waals surface area contributed by atoms with Gasteiger partial charge in [0.25, 0.3) is 0 Å². The molecule has 2 aliphatic rings. The Morgan fingerprint density at radius 2 is 1.00 bits per heavy atom. The zero-order chi connectivity index (χ0) is 35.7. The Kier molecular flexibility index (Phi) is 10.2. The number of hydrogen-bond donors (Lipinski definition) is 0.